The van der Waals surface area contributed by atoms with Crippen LogP contribution in [0.5, 0.6) is 23.0 Å². The molecule has 0 spiro atoms. The monoisotopic (exact) mass is 664 g/mol. The lowest BCUT2D eigenvalue weighted by Crippen LogP contribution is -2.11. The van der Waals surface area contributed by atoms with Gasteiger partial charge in [-0.2, -0.15) is 0 Å². The van der Waals surface area contributed by atoms with Gasteiger partial charge in [-0.05, 0) is 96.5 Å². The minimum atomic E-state index is -0.0340. The van der Waals surface area contributed by atoms with E-state index < -0.39 is 0 Å². The average molecular weight is 666 g/mol. The summed E-state index contributed by atoms with van der Waals surface area (Å²) < 4.78 is 14.6. The minimum absolute atomic E-state index is 0.0340. The summed E-state index contributed by atoms with van der Waals surface area (Å²) in [6.45, 7) is 8.06. The molecule has 0 aromatic heterocycles. The number of hydrogen-bond donors (Lipinski definition) is 2. The Morgan fingerprint density at radius 1 is 0.525 bits per heavy atom. The molecule has 0 fully saturated rings. The van der Waals surface area contributed by atoms with Gasteiger partial charge in [-0.15, -0.1) is 0 Å². The van der Waals surface area contributed by atoms with E-state index in [0.717, 1.165) is 65.0 Å². The summed E-state index contributed by atoms with van der Waals surface area (Å²) in [6, 6.07) is 20.1. The predicted octanol–water partition coefficient (Wildman–Crippen LogP) is 8.87. The fourth-order valence-corrected chi connectivity index (χ4v) is 6.51. The Labute approximate surface area is 253 Å². The number of benzene rings is 4. The summed E-state index contributed by atoms with van der Waals surface area (Å²) in [5.41, 5.74) is 7.21. The summed E-state index contributed by atoms with van der Waals surface area (Å²) in [5, 5.41) is 23.0. The van der Waals surface area contributed by atoms with Crippen molar-refractivity contribution in [1.82, 2.24) is 0 Å². The molecular formula is C34H34Br2O4. The smallest absolute Gasteiger partial charge is 0.126 e. The summed E-state index contributed by atoms with van der Waals surface area (Å²) in [6.07, 6.45) is 1.93. The van der Waals surface area contributed by atoms with Crippen LogP contribution in [0.25, 0.3) is 0 Å². The van der Waals surface area contributed by atoms with Crippen molar-refractivity contribution >= 4 is 31.9 Å². The summed E-state index contributed by atoms with van der Waals surface area (Å²) in [4.78, 5) is 0. The molecule has 4 nitrogen and oxygen atoms in total. The third-order valence-electron chi connectivity index (χ3n) is 7.05. The van der Waals surface area contributed by atoms with Crippen LogP contribution in [0.2, 0.25) is 0 Å². The molecule has 1 aliphatic carbocycles. The number of para-hydroxylation sites is 2. The molecule has 8 bridgehead atoms. The Balaban J connectivity index is 1.77. The van der Waals surface area contributed by atoms with Gasteiger partial charge in [0, 0.05) is 34.6 Å². The molecule has 208 valence electrons. The topological polar surface area (TPSA) is 58.9 Å². The van der Waals surface area contributed by atoms with Crippen molar-refractivity contribution < 1.29 is 19.7 Å². The van der Waals surface area contributed by atoms with Crippen LogP contribution in [0.15, 0.2) is 69.6 Å². The van der Waals surface area contributed by atoms with Gasteiger partial charge in [-0.25, -0.2) is 0 Å². The van der Waals surface area contributed by atoms with Gasteiger partial charge < -0.3 is 19.7 Å². The SMILES string of the molecule is CC(C)Oc1c2cccc1Cc1cc(Br)cc(c1O)Cc1cccc(c1OC(C)C)Cc1cc(Br)cc(c1O)C2. The number of rotatable bonds is 4. The first-order valence-electron chi connectivity index (χ1n) is 13.6. The van der Waals surface area contributed by atoms with E-state index in [-0.39, 0.29) is 23.7 Å². The summed E-state index contributed by atoms with van der Waals surface area (Å²) in [7, 11) is 0. The van der Waals surface area contributed by atoms with Crippen LogP contribution < -0.4 is 9.47 Å². The largest absolute Gasteiger partial charge is 0.507 e. The van der Waals surface area contributed by atoms with Crippen molar-refractivity contribution in [1.29, 1.82) is 0 Å². The fourth-order valence-electron chi connectivity index (χ4n) is 5.40. The van der Waals surface area contributed by atoms with Gasteiger partial charge in [0.1, 0.15) is 23.0 Å². The molecule has 6 heteroatoms. The van der Waals surface area contributed by atoms with E-state index in [4.69, 9.17) is 9.47 Å². The molecule has 4 aromatic rings. The molecule has 2 N–H and O–H groups in total. The molecule has 5 rings (SSSR count). The second-order valence-corrected chi connectivity index (χ2v) is 12.8. The molecule has 0 heterocycles. The fraction of sp³-hybridized carbons (Fsp3) is 0.294. The molecular weight excluding hydrogens is 632 g/mol. The van der Waals surface area contributed by atoms with Gasteiger partial charge >= 0.3 is 0 Å². The zero-order valence-electron chi connectivity index (χ0n) is 23.2. The molecule has 0 unspecified atom stereocenters. The van der Waals surface area contributed by atoms with Crippen LogP contribution in [0, 0.1) is 0 Å². The summed E-state index contributed by atoms with van der Waals surface area (Å²) >= 11 is 7.37. The maximum Gasteiger partial charge on any atom is 0.126 e. The first kappa shape index (κ1) is 28.6. The van der Waals surface area contributed by atoms with Gasteiger partial charge in [-0.3, -0.25) is 0 Å². The second-order valence-electron chi connectivity index (χ2n) is 11.0. The number of phenolic OH excluding ortho intramolecular Hbond substituents is 2. The van der Waals surface area contributed by atoms with E-state index in [9.17, 15) is 10.2 Å². The van der Waals surface area contributed by atoms with E-state index in [1.807, 2.05) is 64.1 Å². The van der Waals surface area contributed by atoms with Crippen molar-refractivity contribution in [2.75, 3.05) is 0 Å². The zero-order chi connectivity index (χ0) is 28.6. The average Bonchev–Trinajstić information content (AvgIpc) is 2.87. The van der Waals surface area contributed by atoms with E-state index in [1.54, 1.807) is 0 Å². The first-order chi connectivity index (χ1) is 19.1. The molecule has 1 aliphatic rings. The molecule has 0 aliphatic heterocycles. The maximum absolute atomic E-state index is 11.5. The van der Waals surface area contributed by atoms with Crippen LogP contribution in [0.3, 0.4) is 0 Å². The Bertz CT molecular complexity index is 1350. The molecule has 40 heavy (non-hydrogen) atoms. The van der Waals surface area contributed by atoms with Crippen molar-refractivity contribution in [3.05, 3.63) is 114 Å². The lowest BCUT2D eigenvalue weighted by atomic mass is 9.91. The predicted molar refractivity (Wildman–Crippen MR) is 167 cm³/mol. The number of halogens is 2. The molecule has 0 radical (unpaired) electrons. The number of aromatic hydroxyl groups is 2. The molecule has 0 saturated carbocycles. The number of phenols is 2. The highest BCUT2D eigenvalue weighted by Crippen LogP contribution is 2.40. The molecule has 0 atom stereocenters. The third kappa shape index (κ3) is 6.18. The first-order valence-corrected chi connectivity index (χ1v) is 15.2. The van der Waals surface area contributed by atoms with E-state index in [1.165, 1.54) is 0 Å². The number of hydrogen-bond acceptors (Lipinski definition) is 4. The van der Waals surface area contributed by atoms with Crippen molar-refractivity contribution in [3.63, 3.8) is 0 Å². The Hall–Kier alpha value is -2.96. The van der Waals surface area contributed by atoms with Crippen molar-refractivity contribution in [2.24, 2.45) is 0 Å². The van der Waals surface area contributed by atoms with Crippen molar-refractivity contribution in [3.8, 4) is 23.0 Å². The highest BCUT2D eigenvalue weighted by molar-refractivity contribution is 9.10. The van der Waals surface area contributed by atoms with Gasteiger partial charge in [0.25, 0.3) is 0 Å². The molecule has 0 amide bonds. The zero-order valence-corrected chi connectivity index (χ0v) is 26.4. The lowest BCUT2D eigenvalue weighted by molar-refractivity contribution is 0.238. The van der Waals surface area contributed by atoms with Crippen LogP contribution in [0.1, 0.15) is 72.2 Å². The van der Waals surface area contributed by atoms with Crippen molar-refractivity contribution in [2.45, 2.75) is 65.6 Å². The Morgan fingerprint density at radius 2 is 0.800 bits per heavy atom. The summed E-state index contributed by atoms with van der Waals surface area (Å²) in [5.74, 6) is 2.15. The minimum Gasteiger partial charge on any atom is -0.507 e. The highest BCUT2D eigenvalue weighted by Gasteiger charge is 2.21. The van der Waals surface area contributed by atoms with Gasteiger partial charge in [0.2, 0.25) is 0 Å². The standard InChI is InChI=1S/C34H34Br2O4/c1-19(2)39-33-21-7-5-8-22(33)12-26-16-30(36)18-28(32(26)38)14-24-10-6-9-23(34(24)40-20(3)4)13-27-17-29(35)15-25(11-21)31(27)37/h5-10,15-20,37-38H,11-14H2,1-4H3. The van der Waals surface area contributed by atoms with Gasteiger partial charge in [-0.1, -0.05) is 68.3 Å². The maximum atomic E-state index is 11.5. The Kier molecular flexibility index (Phi) is 8.48. The number of ether oxygens (including phenoxy) is 2. The Morgan fingerprint density at radius 3 is 1.05 bits per heavy atom. The van der Waals surface area contributed by atoms with E-state index in [2.05, 4.69) is 56.1 Å². The lowest BCUT2D eigenvalue weighted by Gasteiger charge is -2.22. The second kappa shape index (κ2) is 11.9. The van der Waals surface area contributed by atoms with Crippen LogP contribution in [-0.2, 0) is 25.7 Å². The van der Waals surface area contributed by atoms with Crippen LogP contribution in [0.4, 0.5) is 0 Å². The van der Waals surface area contributed by atoms with Crippen LogP contribution in [-0.4, -0.2) is 22.4 Å². The molecule has 4 aromatic carbocycles. The molecule has 0 saturated heterocycles. The van der Waals surface area contributed by atoms with E-state index in [0.29, 0.717) is 25.7 Å². The number of fused-ring (bicyclic) bond motifs is 8. The highest BCUT2D eigenvalue weighted by atomic mass is 79.9. The van der Waals surface area contributed by atoms with E-state index >= 15 is 0 Å². The third-order valence-corrected chi connectivity index (χ3v) is 7.97. The van der Waals surface area contributed by atoms with Gasteiger partial charge in [0.05, 0.1) is 12.2 Å². The van der Waals surface area contributed by atoms with Gasteiger partial charge in [0.15, 0.2) is 0 Å². The quantitative estimate of drug-likeness (QED) is 0.201. The van der Waals surface area contributed by atoms with Crippen LogP contribution >= 0.6 is 31.9 Å². The normalized spacial score (nSPS) is 13.0.